The molecule has 2 aromatic rings. The molecule has 0 aliphatic heterocycles. The highest BCUT2D eigenvalue weighted by molar-refractivity contribution is 5.70. The zero-order valence-corrected chi connectivity index (χ0v) is 8.70. The molecule has 2 aromatic carbocycles. The predicted octanol–water partition coefficient (Wildman–Crippen LogP) is 4.08. The second-order valence-electron chi connectivity index (χ2n) is 3.56. The van der Waals surface area contributed by atoms with E-state index in [9.17, 15) is 18.3 Å². The molecule has 0 amide bonds. The van der Waals surface area contributed by atoms with Crippen molar-refractivity contribution in [2.45, 2.75) is 6.18 Å². The van der Waals surface area contributed by atoms with Gasteiger partial charge in [-0.3, -0.25) is 0 Å². The van der Waals surface area contributed by atoms with Crippen molar-refractivity contribution in [3.05, 3.63) is 54.1 Å². The molecule has 0 aromatic heterocycles. The number of hydrogen-bond donors (Lipinski definition) is 1. The minimum absolute atomic E-state index is 0.0156. The Bertz CT molecular complexity index is 518. The SMILES string of the molecule is Oc1cccc(-c2ccccc2)c1C(F)(F)F. The minimum atomic E-state index is -4.57. The quantitative estimate of drug-likeness (QED) is 0.793. The number of hydrogen-bond acceptors (Lipinski definition) is 1. The van der Waals surface area contributed by atoms with Crippen LogP contribution in [-0.2, 0) is 6.18 Å². The van der Waals surface area contributed by atoms with E-state index in [0.717, 1.165) is 6.07 Å². The van der Waals surface area contributed by atoms with Crippen LogP contribution in [0.4, 0.5) is 13.2 Å². The predicted molar refractivity (Wildman–Crippen MR) is 58.5 cm³/mol. The fourth-order valence-corrected chi connectivity index (χ4v) is 1.70. The molecular weight excluding hydrogens is 229 g/mol. The molecule has 0 spiro atoms. The molecular formula is C13H9F3O. The first-order valence-electron chi connectivity index (χ1n) is 4.95. The number of phenolic OH excluding ortho intramolecular Hbond substituents is 1. The summed E-state index contributed by atoms with van der Waals surface area (Å²) in [5.41, 5.74) is -0.583. The molecule has 88 valence electrons. The molecule has 17 heavy (non-hydrogen) atoms. The zero-order chi connectivity index (χ0) is 12.5. The highest BCUT2D eigenvalue weighted by Gasteiger charge is 2.36. The summed E-state index contributed by atoms with van der Waals surface area (Å²) in [5, 5.41) is 9.37. The first kappa shape index (κ1) is 11.5. The normalized spacial score (nSPS) is 11.5. The largest absolute Gasteiger partial charge is 0.507 e. The van der Waals surface area contributed by atoms with E-state index < -0.39 is 17.5 Å². The van der Waals surface area contributed by atoms with Crippen LogP contribution in [0.5, 0.6) is 5.75 Å². The van der Waals surface area contributed by atoms with E-state index in [1.165, 1.54) is 12.1 Å². The van der Waals surface area contributed by atoms with Crippen LogP contribution in [0.25, 0.3) is 11.1 Å². The summed E-state index contributed by atoms with van der Waals surface area (Å²) in [7, 11) is 0. The smallest absolute Gasteiger partial charge is 0.420 e. The summed E-state index contributed by atoms with van der Waals surface area (Å²) in [5.74, 6) is -0.751. The number of alkyl halides is 3. The van der Waals surface area contributed by atoms with Gasteiger partial charge >= 0.3 is 6.18 Å². The Morgan fingerprint density at radius 2 is 1.47 bits per heavy atom. The molecule has 0 bridgehead atoms. The van der Waals surface area contributed by atoms with E-state index in [4.69, 9.17) is 0 Å². The molecule has 0 aliphatic carbocycles. The van der Waals surface area contributed by atoms with Crippen molar-refractivity contribution in [2.24, 2.45) is 0 Å². The van der Waals surface area contributed by atoms with Gasteiger partial charge in [0.1, 0.15) is 11.3 Å². The van der Waals surface area contributed by atoms with Crippen LogP contribution in [0.15, 0.2) is 48.5 Å². The van der Waals surface area contributed by atoms with Crippen molar-refractivity contribution >= 4 is 0 Å². The number of rotatable bonds is 1. The Labute approximate surface area is 96.1 Å². The van der Waals surface area contributed by atoms with Gasteiger partial charge in [0.05, 0.1) is 0 Å². The van der Waals surface area contributed by atoms with Crippen molar-refractivity contribution in [1.82, 2.24) is 0 Å². The molecule has 0 saturated carbocycles. The summed E-state index contributed by atoms with van der Waals surface area (Å²) in [6, 6.07) is 12.0. The molecule has 0 aliphatic rings. The van der Waals surface area contributed by atoms with Crippen LogP contribution in [-0.4, -0.2) is 5.11 Å². The van der Waals surface area contributed by atoms with E-state index in [1.807, 2.05) is 0 Å². The molecule has 1 nitrogen and oxygen atoms in total. The van der Waals surface area contributed by atoms with Crippen molar-refractivity contribution in [3.63, 3.8) is 0 Å². The number of phenols is 1. The lowest BCUT2D eigenvalue weighted by Crippen LogP contribution is -2.07. The van der Waals surface area contributed by atoms with Crippen LogP contribution in [0.1, 0.15) is 5.56 Å². The Hall–Kier alpha value is -1.97. The third-order valence-electron chi connectivity index (χ3n) is 2.41. The highest BCUT2D eigenvalue weighted by Crippen LogP contribution is 2.42. The number of benzene rings is 2. The fourth-order valence-electron chi connectivity index (χ4n) is 1.70. The minimum Gasteiger partial charge on any atom is -0.507 e. The molecule has 0 atom stereocenters. The second-order valence-corrected chi connectivity index (χ2v) is 3.56. The lowest BCUT2D eigenvalue weighted by atomic mass is 9.98. The first-order valence-corrected chi connectivity index (χ1v) is 4.95. The molecule has 4 heteroatoms. The summed E-state index contributed by atoms with van der Waals surface area (Å²) < 4.78 is 38.5. The Morgan fingerprint density at radius 3 is 2.06 bits per heavy atom. The molecule has 0 saturated heterocycles. The molecule has 2 rings (SSSR count). The van der Waals surface area contributed by atoms with Gasteiger partial charge in [-0.15, -0.1) is 0 Å². The second kappa shape index (κ2) is 4.13. The van der Waals surface area contributed by atoms with Gasteiger partial charge in [-0.05, 0) is 17.2 Å². The monoisotopic (exact) mass is 238 g/mol. The maximum atomic E-state index is 12.8. The average molecular weight is 238 g/mol. The molecule has 1 N–H and O–H groups in total. The van der Waals surface area contributed by atoms with Gasteiger partial charge in [-0.2, -0.15) is 13.2 Å². The maximum absolute atomic E-state index is 12.8. The number of aromatic hydroxyl groups is 1. The van der Waals surface area contributed by atoms with Crippen molar-refractivity contribution in [3.8, 4) is 16.9 Å². The molecule has 0 radical (unpaired) electrons. The van der Waals surface area contributed by atoms with E-state index in [1.54, 1.807) is 30.3 Å². The molecule has 0 heterocycles. The van der Waals surface area contributed by atoms with Crippen LogP contribution < -0.4 is 0 Å². The molecule has 0 unspecified atom stereocenters. The third kappa shape index (κ3) is 2.25. The van der Waals surface area contributed by atoms with Crippen molar-refractivity contribution in [1.29, 1.82) is 0 Å². The van der Waals surface area contributed by atoms with E-state index >= 15 is 0 Å². The van der Waals surface area contributed by atoms with E-state index in [2.05, 4.69) is 0 Å². The topological polar surface area (TPSA) is 20.2 Å². The van der Waals surface area contributed by atoms with Gasteiger partial charge in [0.25, 0.3) is 0 Å². The Balaban J connectivity index is 2.67. The number of halogens is 3. The summed E-state index contributed by atoms with van der Waals surface area (Å²) in [6.45, 7) is 0. The lowest BCUT2D eigenvalue weighted by Gasteiger charge is -2.14. The van der Waals surface area contributed by atoms with Crippen LogP contribution in [0, 0.1) is 0 Å². The lowest BCUT2D eigenvalue weighted by molar-refractivity contribution is -0.138. The van der Waals surface area contributed by atoms with E-state index in [0.29, 0.717) is 5.56 Å². The van der Waals surface area contributed by atoms with Gasteiger partial charge in [0.15, 0.2) is 0 Å². The van der Waals surface area contributed by atoms with Crippen LogP contribution in [0.2, 0.25) is 0 Å². The Kier molecular flexibility index (Phi) is 2.79. The van der Waals surface area contributed by atoms with Crippen LogP contribution >= 0.6 is 0 Å². The summed E-state index contributed by atoms with van der Waals surface area (Å²) in [6.07, 6.45) is -4.57. The van der Waals surface area contributed by atoms with Gasteiger partial charge in [0, 0.05) is 0 Å². The van der Waals surface area contributed by atoms with Crippen molar-refractivity contribution < 1.29 is 18.3 Å². The van der Waals surface area contributed by atoms with Gasteiger partial charge < -0.3 is 5.11 Å². The van der Waals surface area contributed by atoms with Crippen LogP contribution in [0.3, 0.4) is 0 Å². The highest BCUT2D eigenvalue weighted by atomic mass is 19.4. The maximum Gasteiger partial charge on any atom is 0.420 e. The summed E-state index contributed by atoms with van der Waals surface area (Å²) >= 11 is 0. The van der Waals surface area contributed by atoms with E-state index in [-0.39, 0.29) is 5.56 Å². The van der Waals surface area contributed by atoms with Gasteiger partial charge in [0.2, 0.25) is 0 Å². The van der Waals surface area contributed by atoms with Gasteiger partial charge in [-0.1, -0.05) is 42.5 Å². The average Bonchev–Trinajstić information content (AvgIpc) is 2.28. The Morgan fingerprint density at radius 1 is 0.824 bits per heavy atom. The third-order valence-corrected chi connectivity index (χ3v) is 2.41. The first-order chi connectivity index (χ1) is 8.00. The standard InChI is InChI=1S/C13H9F3O/c14-13(15,16)12-10(7-4-8-11(12)17)9-5-2-1-3-6-9/h1-8,17H. The fraction of sp³-hybridized carbons (Fsp3) is 0.0769. The summed E-state index contributed by atoms with van der Waals surface area (Å²) in [4.78, 5) is 0. The zero-order valence-electron chi connectivity index (χ0n) is 8.70. The van der Waals surface area contributed by atoms with Crippen molar-refractivity contribution in [2.75, 3.05) is 0 Å². The van der Waals surface area contributed by atoms with Gasteiger partial charge in [-0.25, -0.2) is 0 Å². The molecule has 0 fully saturated rings.